The number of ether oxygens (including phenoxy) is 1. The predicted octanol–water partition coefficient (Wildman–Crippen LogP) is 8.24. The molecule has 3 rings (SSSR count). The summed E-state index contributed by atoms with van der Waals surface area (Å²) in [6.07, 6.45) is 0.847. The molecule has 0 saturated carbocycles. The predicted molar refractivity (Wildman–Crippen MR) is 132 cm³/mol. The number of hydrogen-bond acceptors (Lipinski definition) is 4. The van der Waals surface area contributed by atoms with Gasteiger partial charge in [-0.15, -0.1) is 0 Å². The van der Waals surface area contributed by atoms with Gasteiger partial charge in [-0.2, -0.15) is 13.2 Å². The van der Waals surface area contributed by atoms with Crippen molar-refractivity contribution in [2.24, 2.45) is 0 Å². The SMILES string of the molecule is CCCC(O)CNC(c1cccc(Oc2cccc(Cl)c2Cl)c1)c1cccc(SC(F)(F)F)c1. The van der Waals surface area contributed by atoms with Crippen LogP contribution in [0.25, 0.3) is 0 Å². The van der Waals surface area contributed by atoms with Crippen molar-refractivity contribution in [2.45, 2.75) is 42.3 Å². The molecule has 3 nitrogen and oxygen atoms in total. The minimum absolute atomic E-state index is 0.0871. The van der Waals surface area contributed by atoms with Crippen LogP contribution in [0.1, 0.15) is 36.9 Å². The summed E-state index contributed by atoms with van der Waals surface area (Å²) in [5.74, 6) is 0.876. The number of aliphatic hydroxyl groups is 1. The van der Waals surface area contributed by atoms with E-state index in [1.54, 1.807) is 48.5 Å². The molecule has 3 aromatic carbocycles. The first-order valence-corrected chi connectivity index (χ1v) is 12.2. The lowest BCUT2D eigenvalue weighted by Gasteiger charge is -2.23. The second-order valence-corrected chi connectivity index (χ2v) is 9.55. The normalized spacial score (nSPS) is 13.5. The maximum absolute atomic E-state index is 12.9. The zero-order valence-corrected chi connectivity index (χ0v) is 20.6. The van der Waals surface area contributed by atoms with Crippen LogP contribution in [0.2, 0.25) is 10.0 Å². The molecule has 34 heavy (non-hydrogen) atoms. The summed E-state index contributed by atoms with van der Waals surface area (Å²) in [5.41, 5.74) is -2.99. The van der Waals surface area contributed by atoms with E-state index in [9.17, 15) is 18.3 Å². The molecule has 0 aliphatic rings. The Morgan fingerprint density at radius 2 is 1.68 bits per heavy atom. The van der Waals surface area contributed by atoms with Crippen LogP contribution in [-0.2, 0) is 0 Å². The van der Waals surface area contributed by atoms with E-state index in [-0.39, 0.29) is 28.2 Å². The van der Waals surface area contributed by atoms with Crippen molar-refractivity contribution in [3.8, 4) is 11.5 Å². The minimum atomic E-state index is -4.39. The number of alkyl halides is 3. The molecule has 0 radical (unpaired) electrons. The van der Waals surface area contributed by atoms with Crippen LogP contribution in [0.15, 0.2) is 71.6 Å². The van der Waals surface area contributed by atoms with Crippen molar-refractivity contribution in [3.63, 3.8) is 0 Å². The van der Waals surface area contributed by atoms with Gasteiger partial charge in [0.05, 0.1) is 17.2 Å². The van der Waals surface area contributed by atoms with E-state index in [1.807, 2.05) is 13.0 Å². The number of halogens is 5. The van der Waals surface area contributed by atoms with Crippen molar-refractivity contribution in [3.05, 3.63) is 87.9 Å². The van der Waals surface area contributed by atoms with Crippen molar-refractivity contribution in [2.75, 3.05) is 6.54 Å². The highest BCUT2D eigenvalue weighted by Gasteiger charge is 2.29. The summed E-state index contributed by atoms with van der Waals surface area (Å²) < 4.78 is 44.7. The molecular formula is C25H24Cl2F3NO2S. The molecule has 0 aliphatic carbocycles. The number of thioether (sulfide) groups is 1. The zero-order valence-electron chi connectivity index (χ0n) is 18.3. The van der Waals surface area contributed by atoms with Gasteiger partial charge in [0.25, 0.3) is 0 Å². The molecule has 0 aliphatic heterocycles. The highest BCUT2D eigenvalue weighted by Crippen LogP contribution is 2.39. The van der Waals surface area contributed by atoms with Crippen LogP contribution in [0.5, 0.6) is 11.5 Å². The molecule has 2 unspecified atom stereocenters. The second kappa shape index (κ2) is 12.2. The molecule has 9 heteroatoms. The highest BCUT2D eigenvalue weighted by molar-refractivity contribution is 8.00. The van der Waals surface area contributed by atoms with Gasteiger partial charge in [0.15, 0.2) is 0 Å². The number of nitrogens with one attached hydrogen (secondary N) is 1. The third kappa shape index (κ3) is 7.82. The van der Waals surface area contributed by atoms with Crippen LogP contribution < -0.4 is 10.1 Å². The van der Waals surface area contributed by atoms with Crippen LogP contribution in [0.4, 0.5) is 13.2 Å². The molecular weight excluding hydrogens is 506 g/mol. The van der Waals surface area contributed by atoms with Crippen LogP contribution in [-0.4, -0.2) is 23.3 Å². The highest BCUT2D eigenvalue weighted by atomic mass is 35.5. The van der Waals surface area contributed by atoms with Crippen LogP contribution in [0, 0.1) is 0 Å². The van der Waals surface area contributed by atoms with E-state index in [1.165, 1.54) is 12.1 Å². The fraction of sp³-hybridized carbons (Fsp3) is 0.280. The summed E-state index contributed by atoms with van der Waals surface area (Å²) in [6, 6.07) is 18.0. The molecule has 182 valence electrons. The third-order valence-electron chi connectivity index (χ3n) is 4.94. The summed E-state index contributed by atoms with van der Waals surface area (Å²) >= 11 is 12.1. The molecule has 3 aromatic rings. The molecule has 0 spiro atoms. The Bertz CT molecular complexity index is 1100. The number of hydrogen-bond donors (Lipinski definition) is 2. The first-order valence-electron chi connectivity index (χ1n) is 10.6. The molecule has 0 amide bonds. The van der Waals surface area contributed by atoms with Gasteiger partial charge in [0.2, 0.25) is 0 Å². The number of benzene rings is 3. The Hall–Kier alpha value is -1.90. The number of rotatable bonds is 10. The van der Waals surface area contributed by atoms with E-state index in [2.05, 4.69) is 5.32 Å². The van der Waals surface area contributed by atoms with Gasteiger partial charge < -0.3 is 15.2 Å². The van der Waals surface area contributed by atoms with Gasteiger partial charge in [-0.3, -0.25) is 0 Å². The molecule has 0 saturated heterocycles. The van der Waals surface area contributed by atoms with Crippen LogP contribution >= 0.6 is 35.0 Å². The van der Waals surface area contributed by atoms with Gasteiger partial charge in [0, 0.05) is 11.4 Å². The summed E-state index contributed by atoms with van der Waals surface area (Å²) in [6.45, 7) is 2.25. The lowest BCUT2D eigenvalue weighted by molar-refractivity contribution is -0.0328. The van der Waals surface area contributed by atoms with Crippen molar-refractivity contribution in [1.29, 1.82) is 0 Å². The van der Waals surface area contributed by atoms with Gasteiger partial charge >= 0.3 is 5.51 Å². The summed E-state index contributed by atoms with van der Waals surface area (Å²) in [5, 5.41) is 14.2. The quantitative estimate of drug-likeness (QED) is 0.259. The van der Waals surface area contributed by atoms with Crippen LogP contribution in [0.3, 0.4) is 0 Å². The maximum atomic E-state index is 12.9. The smallest absolute Gasteiger partial charge is 0.446 e. The van der Waals surface area contributed by atoms with E-state index >= 15 is 0 Å². The Morgan fingerprint density at radius 1 is 1.00 bits per heavy atom. The standard InChI is InChI=1S/C25H24Cl2F3NO2S/c1-2-6-18(32)15-31-24(17-8-4-10-20(14-17)34-25(28,29)30)16-7-3-9-19(13-16)33-22-12-5-11-21(26)23(22)27/h3-5,7-14,18,24,31-32H,2,6,15H2,1H3. The Labute approximate surface area is 211 Å². The summed E-state index contributed by atoms with van der Waals surface area (Å²) in [7, 11) is 0. The van der Waals surface area contributed by atoms with Crippen molar-refractivity contribution >= 4 is 35.0 Å². The molecule has 2 atom stereocenters. The molecule has 2 N–H and O–H groups in total. The van der Waals surface area contributed by atoms with Gasteiger partial charge in [0.1, 0.15) is 16.5 Å². The maximum Gasteiger partial charge on any atom is 0.446 e. The topological polar surface area (TPSA) is 41.5 Å². The lowest BCUT2D eigenvalue weighted by atomic mass is 9.98. The monoisotopic (exact) mass is 529 g/mol. The first kappa shape index (κ1) is 26.7. The van der Waals surface area contributed by atoms with Gasteiger partial charge in [-0.05, 0) is 65.7 Å². The van der Waals surface area contributed by atoms with E-state index in [0.717, 1.165) is 12.0 Å². The molecule has 0 fully saturated rings. The Morgan fingerprint density at radius 3 is 2.38 bits per heavy atom. The third-order valence-corrected chi connectivity index (χ3v) is 6.46. The average Bonchev–Trinajstić information content (AvgIpc) is 2.77. The number of aliphatic hydroxyl groups excluding tert-OH is 1. The van der Waals surface area contributed by atoms with E-state index < -0.39 is 17.7 Å². The van der Waals surface area contributed by atoms with Gasteiger partial charge in [-0.25, -0.2) is 0 Å². The van der Waals surface area contributed by atoms with Gasteiger partial charge in [-0.1, -0.05) is 66.9 Å². The fourth-order valence-electron chi connectivity index (χ4n) is 3.46. The lowest BCUT2D eigenvalue weighted by Crippen LogP contribution is -2.31. The molecule has 0 bridgehead atoms. The van der Waals surface area contributed by atoms with Crippen molar-refractivity contribution in [1.82, 2.24) is 5.32 Å². The van der Waals surface area contributed by atoms with Crippen molar-refractivity contribution < 1.29 is 23.0 Å². The average molecular weight is 530 g/mol. The summed E-state index contributed by atoms with van der Waals surface area (Å²) in [4.78, 5) is 0.0871. The fourth-order valence-corrected chi connectivity index (χ4v) is 4.40. The first-order chi connectivity index (χ1) is 16.2. The second-order valence-electron chi connectivity index (χ2n) is 7.63. The van der Waals surface area contributed by atoms with E-state index in [0.29, 0.717) is 28.5 Å². The molecule has 0 aromatic heterocycles. The molecule has 0 heterocycles. The largest absolute Gasteiger partial charge is 0.456 e. The Kier molecular flexibility index (Phi) is 9.56. The van der Waals surface area contributed by atoms with E-state index in [4.69, 9.17) is 27.9 Å². The Balaban J connectivity index is 1.93. The zero-order chi connectivity index (χ0) is 24.7. The minimum Gasteiger partial charge on any atom is -0.456 e.